The fraction of sp³-hybridized carbons (Fsp3) is 0.500. The third kappa shape index (κ3) is 4.04. The van der Waals surface area contributed by atoms with Crippen molar-refractivity contribution in [3.63, 3.8) is 0 Å². The molecule has 30 heavy (non-hydrogen) atoms. The molecule has 2 fully saturated rings. The van der Waals surface area contributed by atoms with Gasteiger partial charge in [0.05, 0.1) is 13.2 Å². The van der Waals surface area contributed by atoms with E-state index in [2.05, 4.69) is 24.0 Å². The molecule has 0 radical (unpaired) electrons. The van der Waals surface area contributed by atoms with Gasteiger partial charge in [0.1, 0.15) is 10.6 Å². The quantitative estimate of drug-likeness (QED) is 0.762. The fourth-order valence-electron chi connectivity index (χ4n) is 4.63. The lowest BCUT2D eigenvalue weighted by molar-refractivity contribution is 0.0709. The van der Waals surface area contributed by atoms with E-state index < -0.39 is 10.0 Å². The van der Waals surface area contributed by atoms with Gasteiger partial charge in [-0.2, -0.15) is 4.31 Å². The second-order valence-electron chi connectivity index (χ2n) is 7.90. The molecule has 8 heteroatoms. The Balaban J connectivity index is 1.54. The van der Waals surface area contributed by atoms with Gasteiger partial charge < -0.3 is 14.6 Å². The number of likely N-dealkylation sites (tertiary alicyclic amines) is 1. The molecule has 1 amide bonds. The summed E-state index contributed by atoms with van der Waals surface area (Å²) < 4.78 is 32.4. The van der Waals surface area contributed by atoms with Gasteiger partial charge >= 0.3 is 0 Å². The zero-order valence-corrected chi connectivity index (χ0v) is 18.1. The van der Waals surface area contributed by atoms with Gasteiger partial charge in [0, 0.05) is 37.8 Å². The zero-order chi connectivity index (χ0) is 21.1. The van der Waals surface area contributed by atoms with Crippen LogP contribution >= 0.6 is 0 Å². The first kappa shape index (κ1) is 21.1. The maximum Gasteiger partial charge on any atom is 0.270 e. The number of hydrogen-bond acceptors (Lipinski definition) is 4. The van der Waals surface area contributed by atoms with Gasteiger partial charge in [-0.3, -0.25) is 4.79 Å². The average Bonchev–Trinajstić information content (AvgIpc) is 3.46. The van der Waals surface area contributed by atoms with E-state index in [9.17, 15) is 13.2 Å². The number of benzene rings is 1. The number of amides is 1. The Morgan fingerprint density at radius 1 is 1.20 bits per heavy atom. The van der Waals surface area contributed by atoms with Crippen molar-refractivity contribution in [1.82, 2.24) is 14.2 Å². The van der Waals surface area contributed by atoms with Crippen LogP contribution in [-0.2, 0) is 14.8 Å². The van der Waals surface area contributed by atoms with Gasteiger partial charge in [0.25, 0.3) is 5.91 Å². The van der Waals surface area contributed by atoms with Crippen molar-refractivity contribution in [3.8, 4) is 0 Å². The number of hydrogen-bond donors (Lipinski definition) is 1. The van der Waals surface area contributed by atoms with E-state index in [0.29, 0.717) is 38.5 Å². The van der Waals surface area contributed by atoms with Gasteiger partial charge in [0.15, 0.2) is 0 Å². The summed E-state index contributed by atoms with van der Waals surface area (Å²) in [5.41, 5.74) is 1.57. The number of carbonyl (C=O) groups excluding carboxylic acids is 1. The first-order valence-corrected chi connectivity index (χ1v) is 12.1. The molecule has 0 bridgehead atoms. The number of rotatable bonds is 6. The summed E-state index contributed by atoms with van der Waals surface area (Å²) in [5, 5.41) is 0. The molecule has 1 aromatic heterocycles. The summed E-state index contributed by atoms with van der Waals surface area (Å²) in [4.78, 5) is 18.3. The first-order chi connectivity index (χ1) is 14.5. The highest BCUT2D eigenvalue weighted by molar-refractivity contribution is 7.89. The van der Waals surface area contributed by atoms with Crippen LogP contribution in [0.3, 0.4) is 0 Å². The van der Waals surface area contributed by atoms with Gasteiger partial charge in [-0.15, -0.1) is 0 Å². The molecular weight excluding hydrogens is 402 g/mol. The molecule has 2 atom stereocenters. The highest BCUT2D eigenvalue weighted by Gasteiger charge is 2.36. The van der Waals surface area contributed by atoms with E-state index in [1.54, 1.807) is 0 Å². The van der Waals surface area contributed by atoms with Gasteiger partial charge in [-0.05, 0) is 30.9 Å². The molecule has 162 valence electrons. The third-order valence-electron chi connectivity index (χ3n) is 6.19. The van der Waals surface area contributed by atoms with Crippen LogP contribution in [0.1, 0.15) is 48.2 Å². The minimum absolute atomic E-state index is 0.118. The summed E-state index contributed by atoms with van der Waals surface area (Å²) in [6, 6.07) is 11.9. The highest BCUT2D eigenvalue weighted by atomic mass is 32.2. The molecule has 2 aromatic rings. The van der Waals surface area contributed by atoms with E-state index in [1.165, 1.54) is 22.1 Å². The largest absolute Gasteiger partial charge is 0.379 e. The molecule has 2 saturated heterocycles. The van der Waals surface area contributed by atoms with Crippen LogP contribution in [0, 0.1) is 0 Å². The molecular formula is C22H29N3O4S. The minimum atomic E-state index is -3.62. The third-order valence-corrected chi connectivity index (χ3v) is 8.06. The predicted molar refractivity (Wildman–Crippen MR) is 114 cm³/mol. The van der Waals surface area contributed by atoms with Crippen LogP contribution < -0.4 is 0 Å². The number of nitrogens with zero attached hydrogens (tertiary/aromatic N) is 2. The molecule has 2 aliphatic rings. The van der Waals surface area contributed by atoms with E-state index in [1.807, 2.05) is 23.1 Å². The van der Waals surface area contributed by atoms with E-state index >= 15 is 0 Å². The molecule has 0 aliphatic carbocycles. The van der Waals surface area contributed by atoms with E-state index in [-0.39, 0.29) is 22.8 Å². The van der Waals surface area contributed by atoms with Crippen molar-refractivity contribution in [2.24, 2.45) is 0 Å². The van der Waals surface area contributed by atoms with Crippen LogP contribution in [0.2, 0.25) is 0 Å². The van der Waals surface area contributed by atoms with Gasteiger partial charge in [0.2, 0.25) is 10.0 Å². The molecule has 1 aromatic carbocycles. The number of carbonyl (C=O) groups is 1. The Kier molecular flexibility index (Phi) is 6.26. The molecule has 7 nitrogen and oxygen atoms in total. The Labute approximate surface area is 178 Å². The normalized spacial score (nSPS) is 21.6. The van der Waals surface area contributed by atoms with Crippen LogP contribution in [0.5, 0.6) is 0 Å². The Morgan fingerprint density at radius 2 is 1.93 bits per heavy atom. The number of aromatic amines is 1. The monoisotopic (exact) mass is 431 g/mol. The number of ether oxygens (including phenoxy) is 1. The predicted octanol–water partition coefficient (Wildman–Crippen LogP) is 2.83. The van der Waals surface area contributed by atoms with Crippen molar-refractivity contribution in [3.05, 3.63) is 53.9 Å². The molecule has 3 heterocycles. The summed E-state index contributed by atoms with van der Waals surface area (Å²) in [5.74, 6) is 0.138. The molecule has 4 rings (SSSR count). The van der Waals surface area contributed by atoms with E-state index in [4.69, 9.17) is 4.74 Å². The number of sulfonamides is 1. The number of nitrogens with one attached hydrogen (secondary N) is 1. The Morgan fingerprint density at radius 3 is 2.63 bits per heavy atom. The van der Waals surface area contributed by atoms with Crippen molar-refractivity contribution >= 4 is 15.9 Å². The van der Waals surface area contributed by atoms with E-state index in [0.717, 1.165) is 19.3 Å². The summed E-state index contributed by atoms with van der Waals surface area (Å²) in [7, 11) is -3.62. The number of morpholine rings is 1. The smallest absolute Gasteiger partial charge is 0.270 e. The van der Waals surface area contributed by atoms with Crippen molar-refractivity contribution < 1.29 is 17.9 Å². The lowest BCUT2D eigenvalue weighted by atomic mass is 9.87. The molecule has 1 N–H and O–H groups in total. The maximum atomic E-state index is 13.3. The standard InChI is InChI=1S/C22H29N3O4S/c1-2-19(17-7-4-3-5-8-17)21-9-6-10-25(21)22(26)20-15-18(16-23-20)30(27,28)24-11-13-29-14-12-24/h3-5,7-8,15-16,19,21,23H,2,6,9-14H2,1H3. The van der Waals surface area contributed by atoms with Crippen molar-refractivity contribution in [2.45, 2.75) is 43.0 Å². The second-order valence-corrected chi connectivity index (χ2v) is 9.84. The second kappa shape index (κ2) is 8.91. The topological polar surface area (TPSA) is 82.7 Å². The Bertz CT molecular complexity index is 967. The van der Waals surface area contributed by atoms with Crippen molar-refractivity contribution in [1.29, 1.82) is 0 Å². The van der Waals surface area contributed by atoms with Crippen molar-refractivity contribution in [2.75, 3.05) is 32.8 Å². The average molecular weight is 432 g/mol. The Hall–Kier alpha value is -2.16. The van der Waals surface area contributed by atoms with Crippen LogP contribution in [0.25, 0.3) is 0 Å². The summed E-state index contributed by atoms with van der Waals surface area (Å²) in [6.45, 7) is 4.30. The highest BCUT2D eigenvalue weighted by Crippen LogP contribution is 2.34. The molecule has 0 spiro atoms. The van der Waals surface area contributed by atoms with Gasteiger partial charge in [-0.25, -0.2) is 8.42 Å². The number of H-pyrrole nitrogens is 1. The molecule has 2 unspecified atom stereocenters. The zero-order valence-electron chi connectivity index (χ0n) is 17.3. The minimum Gasteiger partial charge on any atom is -0.379 e. The fourth-order valence-corrected chi connectivity index (χ4v) is 6.03. The van der Waals surface area contributed by atoms with Gasteiger partial charge in [-0.1, -0.05) is 37.3 Å². The first-order valence-electron chi connectivity index (χ1n) is 10.6. The SMILES string of the molecule is CCC(c1ccccc1)C1CCCN1C(=O)c1cc(S(=O)(=O)N2CCOCC2)c[nH]1. The molecule has 2 aliphatic heterocycles. The van der Waals surface area contributed by atoms with Crippen LogP contribution in [0.4, 0.5) is 0 Å². The number of aromatic nitrogens is 1. The lowest BCUT2D eigenvalue weighted by Crippen LogP contribution is -2.40. The summed E-state index contributed by atoms with van der Waals surface area (Å²) in [6.07, 6.45) is 4.29. The maximum absolute atomic E-state index is 13.3. The van der Waals surface area contributed by atoms with Crippen LogP contribution in [-0.4, -0.2) is 67.4 Å². The lowest BCUT2D eigenvalue weighted by Gasteiger charge is -2.31. The summed E-state index contributed by atoms with van der Waals surface area (Å²) >= 11 is 0. The van der Waals surface area contributed by atoms with Crippen LogP contribution in [0.15, 0.2) is 47.5 Å². The molecule has 0 saturated carbocycles.